The van der Waals surface area contributed by atoms with Gasteiger partial charge in [-0.2, -0.15) is 0 Å². The van der Waals surface area contributed by atoms with Gasteiger partial charge in [0.2, 0.25) is 5.91 Å². The second-order valence-electron chi connectivity index (χ2n) is 7.95. The van der Waals surface area contributed by atoms with Crippen molar-refractivity contribution in [1.82, 2.24) is 19.6 Å². The second kappa shape index (κ2) is 11.1. The van der Waals surface area contributed by atoms with Crippen molar-refractivity contribution >= 4 is 41.3 Å². The molecule has 9 nitrogen and oxygen atoms in total. The summed E-state index contributed by atoms with van der Waals surface area (Å²) in [6, 6.07) is 4.58. The molecule has 0 aromatic heterocycles. The molecule has 11 heteroatoms. The molecule has 0 radical (unpaired) electrons. The summed E-state index contributed by atoms with van der Waals surface area (Å²) in [4.78, 5) is 44.5. The summed E-state index contributed by atoms with van der Waals surface area (Å²) in [5, 5.41) is 0.799. The van der Waals surface area contributed by atoms with Crippen LogP contribution in [-0.4, -0.2) is 110 Å². The molecule has 3 amide bonds. The zero-order valence-electron chi connectivity index (χ0n) is 18.3. The van der Waals surface area contributed by atoms with E-state index in [1.54, 1.807) is 28.0 Å². The predicted molar refractivity (Wildman–Crippen MR) is 120 cm³/mol. The number of hydrogen-bond donors (Lipinski definition) is 0. The van der Waals surface area contributed by atoms with E-state index < -0.39 is 18.2 Å². The zero-order chi connectivity index (χ0) is 23.3. The smallest absolute Gasteiger partial charge is 0.409 e. The Morgan fingerprint density at radius 3 is 2.31 bits per heavy atom. The first kappa shape index (κ1) is 24.4. The van der Waals surface area contributed by atoms with Crippen molar-refractivity contribution in [1.29, 1.82) is 0 Å². The van der Waals surface area contributed by atoms with Gasteiger partial charge < -0.3 is 29.1 Å². The highest BCUT2D eigenvalue weighted by molar-refractivity contribution is 6.42. The van der Waals surface area contributed by atoms with Gasteiger partial charge in [-0.3, -0.25) is 4.79 Å². The van der Waals surface area contributed by atoms with Crippen molar-refractivity contribution in [2.24, 2.45) is 0 Å². The van der Waals surface area contributed by atoms with Crippen LogP contribution in [0.1, 0.15) is 5.56 Å². The third-order valence-corrected chi connectivity index (χ3v) is 6.47. The minimum Gasteiger partial charge on any atom is -0.453 e. The van der Waals surface area contributed by atoms with E-state index in [9.17, 15) is 14.4 Å². The number of carbonyl (C=O) groups is 3. The molecule has 3 rings (SSSR count). The number of carbonyl (C=O) groups excluding carboxylic acids is 3. The number of hydrogen-bond acceptors (Lipinski definition) is 6. The molecule has 2 fully saturated rings. The van der Waals surface area contributed by atoms with Gasteiger partial charge >= 0.3 is 12.2 Å². The molecule has 1 unspecified atom stereocenters. The minimum atomic E-state index is -0.477. The lowest BCUT2D eigenvalue weighted by molar-refractivity contribution is -0.136. The zero-order valence-corrected chi connectivity index (χ0v) is 19.8. The lowest BCUT2D eigenvalue weighted by Gasteiger charge is -2.41. The summed E-state index contributed by atoms with van der Waals surface area (Å²) in [6.07, 6.45) is -0.764. The van der Waals surface area contributed by atoms with Crippen molar-refractivity contribution in [2.75, 3.05) is 66.6 Å². The first-order chi connectivity index (χ1) is 15.3. The number of amides is 3. The van der Waals surface area contributed by atoms with Crippen LogP contribution in [0.5, 0.6) is 0 Å². The fraction of sp³-hybridized carbons (Fsp3) is 0.571. The number of piperazine rings is 2. The number of nitrogens with zero attached hydrogens (tertiary/aromatic N) is 4. The Labute approximate surface area is 197 Å². The third-order valence-electron chi connectivity index (χ3n) is 5.74. The van der Waals surface area contributed by atoms with E-state index in [4.69, 9.17) is 32.7 Å². The Bertz CT molecular complexity index is 847. The Kier molecular flexibility index (Phi) is 8.44. The predicted octanol–water partition coefficient (Wildman–Crippen LogP) is 2.20. The van der Waals surface area contributed by atoms with E-state index in [0.717, 1.165) is 18.7 Å². The molecular formula is C21H28Cl2N4O5. The lowest BCUT2D eigenvalue weighted by Crippen LogP contribution is -2.59. The number of ether oxygens (including phenoxy) is 2. The van der Waals surface area contributed by atoms with Crippen LogP contribution in [0, 0.1) is 0 Å². The monoisotopic (exact) mass is 486 g/mol. The maximum Gasteiger partial charge on any atom is 0.409 e. The molecule has 1 atom stereocenters. The standard InChI is InChI=1S/C21H28Cl2N4O5/c1-24-5-7-25(8-6-24)21(30)32-14-16-13-26(20(29)31-2)9-10-27(16)19(28)12-15-3-4-17(22)18(23)11-15/h3-4,11,16H,5-10,12-14H2,1-2H3. The van der Waals surface area contributed by atoms with Crippen LogP contribution in [0.2, 0.25) is 10.0 Å². The first-order valence-corrected chi connectivity index (χ1v) is 11.2. The summed E-state index contributed by atoms with van der Waals surface area (Å²) in [5.41, 5.74) is 0.730. The van der Waals surface area contributed by atoms with Gasteiger partial charge in [-0.1, -0.05) is 29.3 Å². The van der Waals surface area contributed by atoms with Gasteiger partial charge in [-0.15, -0.1) is 0 Å². The lowest BCUT2D eigenvalue weighted by atomic mass is 10.1. The summed E-state index contributed by atoms with van der Waals surface area (Å²) < 4.78 is 10.4. The molecule has 0 spiro atoms. The van der Waals surface area contributed by atoms with Crippen molar-refractivity contribution in [3.05, 3.63) is 33.8 Å². The molecule has 32 heavy (non-hydrogen) atoms. The fourth-order valence-electron chi connectivity index (χ4n) is 3.79. The molecule has 2 heterocycles. The van der Waals surface area contributed by atoms with Gasteiger partial charge in [0.05, 0.1) is 29.6 Å². The van der Waals surface area contributed by atoms with Crippen LogP contribution in [0.25, 0.3) is 0 Å². The number of rotatable bonds is 4. The van der Waals surface area contributed by atoms with Crippen LogP contribution in [0.15, 0.2) is 18.2 Å². The van der Waals surface area contributed by atoms with Crippen molar-refractivity contribution in [3.63, 3.8) is 0 Å². The SMILES string of the molecule is COC(=O)N1CCN(C(=O)Cc2ccc(Cl)c(Cl)c2)C(COC(=O)N2CCN(C)CC2)C1. The van der Waals surface area contributed by atoms with Crippen LogP contribution < -0.4 is 0 Å². The Morgan fingerprint density at radius 1 is 0.969 bits per heavy atom. The van der Waals surface area contributed by atoms with E-state index in [2.05, 4.69) is 4.90 Å². The maximum atomic E-state index is 13.1. The molecule has 0 saturated carbocycles. The highest BCUT2D eigenvalue weighted by atomic mass is 35.5. The molecule has 2 aliphatic heterocycles. The number of benzene rings is 1. The van der Waals surface area contributed by atoms with Crippen LogP contribution in [-0.2, 0) is 20.7 Å². The van der Waals surface area contributed by atoms with Gasteiger partial charge in [0.15, 0.2) is 0 Å². The summed E-state index contributed by atoms with van der Waals surface area (Å²) in [6.45, 7) is 3.60. The van der Waals surface area contributed by atoms with Crippen LogP contribution in [0.3, 0.4) is 0 Å². The fourth-order valence-corrected chi connectivity index (χ4v) is 4.12. The van der Waals surface area contributed by atoms with E-state index in [1.165, 1.54) is 12.0 Å². The van der Waals surface area contributed by atoms with E-state index >= 15 is 0 Å². The number of methoxy groups -OCH3 is 1. The largest absolute Gasteiger partial charge is 0.453 e. The first-order valence-electron chi connectivity index (χ1n) is 10.4. The summed E-state index contributed by atoms with van der Waals surface area (Å²) >= 11 is 12.0. The topological polar surface area (TPSA) is 82.6 Å². The van der Waals surface area contributed by atoms with Crippen LogP contribution in [0.4, 0.5) is 9.59 Å². The van der Waals surface area contributed by atoms with Crippen molar-refractivity contribution < 1.29 is 23.9 Å². The Hall–Kier alpha value is -2.23. The molecular weight excluding hydrogens is 459 g/mol. The van der Waals surface area contributed by atoms with Gasteiger partial charge in [-0.05, 0) is 24.7 Å². The molecule has 1 aromatic carbocycles. The van der Waals surface area contributed by atoms with Gasteiger partial charge in [0, 0.05) is 45.8 Å². The molecule has 2 aliphatic rings. The normalized spacial score (nSPS) is 19.6. The highest BCUT2D eigenvalue weighted by Gasteiger charge is 2.34. The Balaban J connectivity index is 1.65. The number of likely N-dealkylation sites (N-methyl/N-ethyl adjacent to an activating group) is 1. The molecule has 1 aromatic rings. The van der Waals surface area contributed by atoms with Crippen LogP contribution >= 0.6 is 23.2 Å². The second-order valence-corrected chi connectivity index (χ2v) is 8.76. The average molecular weight is 487 g/mol. The minimum absolute atomic E-state index is 0.00815. The average Bonchev–Trinajstić information content (AvgIpc) is 2.79. The highest BCUT2D eigenvalue weighted by Crippen LogP contribution is 2.23. The van der Waals surface area contributed by atoms with E-state index in [0.29, 0.717) is 36.2 Å². The quantitative estimate of drug-likeness (QED) is 0.648. The van der Waals surface area contributed by atoms with Gasteiger partial charge in [0.25, 0.3) is 0 Å². The molecule has 0 N–H and O–H groups in total. The van der Waals surface area contributed by atoms with E-state index in [-0.39, 0.29) is 25.5 Å². The summed E-state index contributed by atoms with van der Waals surface area (Å²) in [5.74, 6) is -0.145. The third kappa shape index (κ3) is 6.17. The van der Waals surface area contributed by atoms with Gasteiger partial charge in [0.1, 0.15) is 6.61 Å². The Morgan fingerprint density at radius 2 is 1.66 bits per heavy atom. The molecule has 2 saturated heterocycles. The molecule has 0 bridgehead atoms. The van der Waals surface area contributed by atoms with Gasteiger partial charge in [-0.25, -0.2) is 9.59 Å². The van der Waals surface area contributed by atoms with Crippen molar-refractivity contribution in [2.45, 2.75) is 12.5 Å². The number of halogens is 2. The maximum absolute atomic E-state index is 13.1. The molecule has 176 valence electrons. The van der Waals surface area contributed by atoms with E-state index in [1.807, 2.05) is 7.05 Å². The molecule has 0 aliphatic carbocycles. The summed E-state index contributed by atoms with van der Waals surface area (Å²) in [7, 11) is 3.32. The van der Waals surface area contributed by atoms with Crippen molar-refractivity contribution in [3.8, 4) is 0 Å².